The van der Waals surface area contributed by atoms with Gasteiger partial charge in [-0.25, -0.2) is 9.78 Å². The van der Waals surface area contributed by atoms with Crippen molar-refractivity contribution in [1.82, 2.24) is 4.98 Å². The first kappa shape index (κ1) is 14.8. The van der Waals surface area contributed by atoms with Crippen LogP contribution in [0.4, 0.5) is 10.5 Å². The summed E-state index contributed by atoms with van der Waals surface area (Å²) in [5.74, 6) is 0.474. The monoisotopic (exact) mass is 316 g/mol. The van der Waals surface area contributed by atoms with Crippen molar-refractivity contribution in [2.24, 2.45) is 0 Å². The fraction of sp³-hybridized carbons (Fsp3) is 0.500. The molecule has 18 heavy (non-hydrogen) atoms. The lowest BCUT2D eigenvalue weighted by Gasteiger charge is -2.20. The van der Waals surface area contributed by atoms with Crippen LogP contribution in [0.15, 0.2) is 10.7 Å². The van der Waals surface area contributed by atoms with Crippen LogP contribution in [0, 0.1) is 6.92 Å². The van der Waals surface area contributed by atoms with E-state index in [0.29, 0.717) is 16.0 Å². The van der Waals surface area contributed by atoms with Crippen LogP contribution in [0.5, 0.6) is 5.88 Å². The molecule has 1 rings (SSSR count). The van der Waals surface area contributed by atoms with Gasteiger partial charge in [0.25, 0.3) is 0 Å². The molecule has 1 heterocycles. The van der Waals surface area contributed by atoms with Crippen LogP contribution in [0.2, 0.25) is 0 Å². The third-order valence-corrected chi connectivity index (χ3v) is 2.99. The van der Waals surface area contributed by atoms with Crippen LogP contribution >= 0.6 is 15.9 Å². The quantitative estimate of drug-likeness (QED) is 0.907. The molecule has 0 saturated heterocycles. The summed E-state index contributed by atoms with van der Waals surface area (Å²) >= 11 is 3.36. The Kier molecular flexibility index (Phi) is 4.56. The summed E-state index contributed by atoms with van der Waals surface area (Å²) < 4.78 is 10.9. The highest BCUT2D eigenvalue weighted by molar-refractivity contribution is 9.10. The minimum Gasteiger partial charge on any atom is -0.480 e. The lowest BCUT2D eigenvalue weighted by atomic mass is 10.2. The van der Waals surface area contributed by atoms with Crippen molar-refractivity contribution < 1.29 is 14.3 Å². The first-order valence-electron chi connectivity index (χ1n) is 5.43. The van der Waals surface area contributed by atoms with E-state index in [4.69, 9.17) is 9.47 Å². The van der Waals surface area contributed by atoms with Gasteiger partial charge in [-0.1, -0.05) is 0 Å². The molecule has 1 aromatic rings. The molecule has 5 nitrogen and oxygen atoms in total. The first-order chi connectivity index (χ1) is 8.24. The second kappa shape index (κ2) is 5.56. The molecule has 0 aliphatic heterocycles. The second-order valence-electron chi connectivity index (χ2n) is 4.75. The van der Waals surface area contributed by atoms with E-state index in [0.717, 1.165) is 5.56 Å². The normalized spacial score (nSPS) is 11.0. The predicted molar refractivity (Wildman–Crippen MR) is 73.1 cm³/mol. The number of carbonyl (C=O) groups is 1. The predicted octanol–water partition coefficient (Wildman–Crippen LogP) is 3.51. The van der Waals surface area contributed by atoms with Gasteiger partial charge >= 0.3 is 6.09 Å². The van der Waals surface area contributed by atoms with E-state index >= 15 is 0 Å². The Hall–Kier alpha value is -1.30. The Bertz CT molecular complexity index is 455. The van der Waals surface area contributed by atoms with Gasteiger partial charge in [-0.05, 0) is 49.2 Å². The number of anilines is 1. The number of aromatic nitrogens is 1. The Balaban J connectivity index is 2.86. The van der Waals surface area contributed by atoms with Crippen molar-refractivity contribution >= 4 is 27.7 Å². The maximum absolute atomic E-state index is 11.6. The van der Waals surface area contributed by atoms with Crippen molar-refractivity contribution in [2.45, 2.75) is 33.3 Å². The zero-order chi connectivity index (χ0) is 13.9. The van der Waals surface area contributed by atoms with Gasteiger partial charge in [-0.15, -0.1) is 0 Å². The molecule has 0 fully saturated rings. The second-order valence-corrected chi connectivity index (χ2v) is 5.54. The standard InChI is InChI=1S/C12H17BrN2O3/c1-7-8(6-14-10(17-5)9(7)13)15-11(16)18-12(2,3)4/h6H,1-5H3,(H,15,16). The fourth-order valence-electron chi connectivity index (χ4n) is 1.24. The van der Waals surface area contributed by atoms with Gasteiger partial charge in [-0.3, -0.25) is 5.32 Å². The van der Waals surface area contributed by atoms with Gasteiger partial charge in [0, 0.05) is 0 Å². The summed E-state index contributed by atoms with van der Waals surface area (Å²) in [5.41, 5.74) is 0.874. The number of rotatable bonds is 2. The largest absolute Gasteiger partial charge is 0.480 e. The molecular formula is C12H17BrN2O3. The zero-order valence-electron chi connectivity index (χ0n) is 11.1. The third-order valence-electron chi connectivity index (χ3n) is 2.06. The lowest BCUT2D eigenvalue weighted by Crippen LogP contribution is -2.27. The smallest absolute Gasteiger partial charge is 0.412 e. The number of ether oxygens (including phenoxy) is 2. The maximum Gasteiger partial charge on any atom is 0.412 e. The minimum atomic E-state index is -0.533. The first-order valence-corrected chi connectivity index (χ1v) is 6.23. The average Bonchev–Trinajstić information content (AvgIpc) is 2.22. The number of nitrogens with zero attached hydrogens (tertiary/aromatic N) is 1. The summed E-state index contributed by atoms with van der Waals surface area (Å²) in [5, 5.41) is 2.65. The summed E-state index contributed by atoms with van der Waals surface area (Å²) in [7, 11) is 1.54. The van der Waals surface area contributed by atoms with E-state index in [1.165, 1.54) is 13.3 Å². The van der Waals surface area contributed by atoms with E-state index < -0.39 is 11.7 Å². The Morgan fingerprint density at radius 3 is 2.56 bits per heavy atom. The molecular weight excluding hydrogens is 300 g/mol. The van der Waals surface area contributed by atoms with Gasteiger partial charge in [0.05, 0.1) is 23.5 Å². The number of amides is 1. The molecule has 1 N–H and O–H groups in total. The maximum atomic E-state index is 11.6. The molecule has 0 aromatic carbocycles. The summed E-state index contributed by atoms with van der Waals surface area (Å²) in [6, 6.07) is 0. The molecule has 0 aliphatic carbocycles. The number of hydrogen-bond acceptors (Lipinski definition) is 4. The van der Waals surface area contributed by atoms with E-state index in [1.54, 1.807) is 0 Å². The molecule has 0 aliphatic rings. The van der Waals surface area contributed by atoms with E-state index in [-0.39, 0.29) is 0 Å². The van der Waals surface area contributed by atoms with Crippen LogP contribution in [-0.4, -0.2) is 23.8 Å². The molecule has 1 amide bonds. The highest BCUT2D eigenvalue weighted by Gasteiger charge is 2.18. The van der Waals surface area contributed by atoms with Crippen molar-refractivity contribution in [1.29, 1.82) is 0 Å². The molecule has 0 saturated carbocycles. The van der Waals surface area contributed by atoms with Crippen molar-refractivity contribution in [2.75, 3.05) is 12.4 Å². The molecule has 0 spiro atoms. The number of carbonyl (C=O) groups excluding carboxylic acids is 1. The average molecular weight is 317 g/mol. The minimum absolute atomic E-state index is 0.474. The van der Waals surface area contributed by atoms with Gasteiger partial charge in [-0.2, -0.15) is 0 Å². The summed E-state index contributed by atoms with van der Waals surface area (Å²) in [4.78, 5) is 15.7. The Morgan fingerprint density at radius 2 is 2.06 bits per heavy atom. The molecule has 1 aromatic heterocycles. The molecule has 6 heteroatoms. The molecule has 0 radical (unpaired) electrons. The zero-order valence-corrected chi connectivity index (χ0v) is 12.7. The van der Waals surface area contributed by atoms with E-state index in [2.05, 4.69) is 26.2 Å². The highest BCUT2D eigenvalue weighted by atomic mass is 79.9. The van der Waals surface area contributed by atoms with Crippen molar-refractivity contribution in [3.8, 4) is 5.88 Å². The number of methoxy groups -OCH3 is 1. The number of hydrogen-bond donors (Lipinski definition) is 1. The topological polar surface area (TPSA) is 60.5 Å². The number of nitrogens with one attached hydrogen (secondary N) is 1. The molecule has 0 unspecified atom stereocenters. The fourth-order valence-corrected chi connectivity index (χ4v) is 1.72. The Labute approximate surface area is 115 Å². The van der Waals surface area contributed by atoms with Gasteiger partial charge in [0.15, 0.2) is 0 Å². The van der Waals surface area contributed by atoms with Crippen LogP contribution in [-0.2, 0) is 4.74 Å². The van der Waals surface area contributed by atoms with E-state index in [9.17, 15) is 4.79 Å². The number of pyridine rings is 1. The Morgan fingerprint density at radius 1 is 1.44 bits per heavy atom. The lowest BCUT2D eigenvalue weighted by molar-refractivity contribution is 0.0635. The van der Waals surface area contributed by atoms with Crippen LogP contribution < -0.4 is 10.1 Å². The molecule has 0 bridgehead atoms. The van der Waals surface area contributed by atoms with Gasteiger partial charge < -0.3 is 9.47 Å². The molecule has 100 valence electrons. The van der Waals surface area contributed by atoms with E-state index in [1.807, 2.05) is 27.7 Å². The van der Waals surface area contributed by atoms with Gasteiger partial charge in [0.1, 0.15) is 5.60 Å². The van der Waals surface area contributed by atoms with Gasteiger partial charge in [0.2, 0.25) is 5.88 Å². The highest BCUT2D eigenvalue weighted by Crippen LogP contribution is 2.30. The SMILES string of the molecule is COc1ncc(NC(=O)OC(C)(C)C)c(C)c1Br. The third kappa shape index (κ3) is 3.87. The summed E-state index contributed by atoms with van der Waals surface area (Å²) in [6.07, 6.45) is 1.02. The van der Waals surface area contributed by atoms with Crippen LogP contribution in [0.1, 0.15) is 26.3 Å². The van der Waals surface area contributed by atoms with Crippen LogP contribution in [0.3, 0.4) is 0 Å². The van der Waals surface area contributed by atoms with Crippen molar-refractivity contribution in [3.05, 3.63) is 16.2 Å². The summed E-state index contributed by atoms with van der Waals surface area (Å²) in [6.45, 7) is 7.27. The molecule has 0 atom stereocenters. The number of halogens is 1. The van der Waals surface area contributed by atoms with Crippen LogP contribution in [0.25, 0.3) is 0 Å². The van der Waals surface area contributed by atoms with Crippen molar-refractivity contribution in [3.63, 3.8) is 0 Å².